The summed E-state index contributed by atoms with van der Waals surface area (Å²) in [5.74, 6) is 1.64. The summed E-state index contributed by atoms with van der Waals surface area (Å²) in [6.45, 7) is 9.56. The number of hydrogen-bond donors (Lipinski definition) is 2. The van der Waals surface area contributed by atoms with Gasteiger partial charge >= 0.3 is 0 Å². The van der Waals surface area contributed by atoms with Crippen molar-refractivity contribution in [3.63, 3.8) is 0 Å². The number of ether oxygens (including phenoxy) is 1. The van der Waals surface area contributed by atoms with Crippen LogP contribution in [0.5, 0.6) is 5.75 Å². The van der Waals surface area contributed by atoms with Gasteiger partial charge in [-0.05, 0) is 45.4 Å². The van der Waals surface area contributed by atoms with E-state index in [2.05, 4.69) is 40.6 Å². The molecule has 2 aromatic rings. The maximum atomic E-state index is 5.94. The van der Waals surface area contributed by atoms with E-state index in [9.17, 15) is 0 Å². The highest BCUT2D eigenvalue weighted by molar-refractivity contribution is 5.79. The lowest BCUT2D eigenvalue weighted by atomic mass is 10.2. The molecular weight excluding hydrogens is 314 g/mol. The van der Waals surface area contributed by atoms with E-state index in [1.807, 2.05) is 43.8 Å². The summed E-state index contributed by atoms with van der Waals surface area (Å²) in [4.78, 5) is 4.27. The minimum Gasteiger partial charge on any atom is -0.489 e. The molecule has 0 saturated carbocycles. The van der Waals surface area contributed by atoms with Crippen LogP contribution in [0.1, 0.15) is 29.4 Å². The van der Waals surface area contributed by atoms with Crippen molar-refractivity contribution in [1.82, 2.24) is 20.4 Å². The Hall–Kier alpha value is -2.50. The maximum Gasteiger partial charge on any atom is 0.191 e. The van der Waals surface area contributed by atoms with Crippen molar-refractivity contribution in [2.75, 3.05) is 13.6 Å². The van der Waals surface area contributed by atoms with Crippen LogP contribution in [-0.4, -0.2) is 35.4 Å². The average molecular weight is 343 g/mol. The van der Waals surface area contributed by atoms with Crippen LogP contribution in [0, 0.1) is 20.8 Å². The van der Waals surface area contributed by atoms with Gasteiger partial charge in [-0.2, -0.15) is 5.10 Å². The van der Waals surface area contributed by atoms with E-state index in [0.717, 1.165) is 23.1 Å². The Morgan fingerprint density at radius 3 is 2.64 bits per heavy atom. The number of nitrogens with zero attached hydrogens (tertiary/aromatic N) is 3. The lowest BCUT2D eigenvalue weighted by molar-refractivity contribution is 0.223. The molecule has 1 aromatic carbocycles. The van der Waals surface area contributed by atoms with Crippen LogP contribution >= 0.6 is 0 Å². The zero-order chi connectivity index (χ0) is 18.4. The summed E-state index contributed by atoms with van der Waals surface area (Å²) in [6.07, 6.45) is 0.0298. The van der Waals surface area contributed by atoms with E-state index in [1.165, 1.54) is 11.1 Å². The highest BCUT2D eigenvalue weighted by Gasteiger charge is 2.10. The molecule has 6 heteroatoms. The summed E-state index contributed by atoms with van der Waals surface area (Å²) in [6, 6.07) is 8.08. The molecule has 0 aliphatic heterocycles. The first-order valence-corrected chi connectivity index (χ1v) is 8.57. The third kappa shape index (κ3) is 5.24. The first-order valence-electron chi connectivity index (χ1n) is 8.57. The fourth-order valence-corrected chi connectivity index (χ4v) is 2.67. The first kappa shape index (κ1) is 18.8. The van der Waals surface area contributed by atoms with Crippen molar-refractivity contribution in [1.29, 1.82) is 0 Å². The monoisotopic (exact) mass is 343 g/mol. The molecule has 2 N–H and O–H groups in total. The molecule has 2 rings (SSSR count). The van der Waals surface area contributed by atoms with E-state index in [1.54, 1.807) is 7.05 Å². The van der Waals surface area contributed by atoms with Crippen LogP contribution in [0.25, 0.3) is 0 Å². The van der Waals surface area contributed by atoms with Gasteiger partial charge in [0.15, 0.2) is 5.96 Å². The number of benzene rings is 1. The van der Waals surface area contributed by atoms with Crippen LogP contribution in [0.3, 0.4) is 0 Å². The van der Waals surface area contributed by atoms with Gasteiger partial charge in [0, 0.05) is 31.9 Å². The zero-order valence-corrected chi connectivity index (χ0v) is 16.1. The second-order valence-electron chi connectivity index (χ2n) is 6.32. The standard InChI is InChI=1S/C19H29N5O/c1-13-8-7-9-17(10-13)25-14(2)11-21-19(20-5)22-12-18-15(3)23-24(6)16(18)4/h7-10,14H,11-12H2,1-6H3,(H2,20,21,22). The van der Waals surface area contributed by atoms with E-state index >= 15 is 0 Å². The highest BCUT2D eigenvalue weighted by atomic mass is 16.5. The van der Waals surface area contributed by atoms with Gasteiger partial charge < -0.3 is 15.4 Å². The fraction of sp³-hybridized carbons (Fsp3) is 0.474. The number of guanidine groups is 1. The quantitative estimate of drug-likeness (QED) is 0.625. The van der Waals surface area contributed by atoms with E-state index in [0.29, 0.717) is 13.1 Å². The molecule has 1 atom stereocenters. The van der Waals surface area contributed by atoms with Gasteiger partial charge in [0.05, 0.1) is 12.2 Å². The molecule has 0 fully saturated rings. The summed E-state index contributed by atoms with van der Waals surface area (Å²) >= 11 is 0. The Bertz CT molecular complexity index is 735. The molecule has 1 aromatic heterocycles. The van der Waals surface area contributed by atoms with E-state index in [4.69, 9.17) is 4.74 Å². The predicted molar refractivity (Wildman–Crippen MR) is 102 cm³/mol. The summed E-state index contributed by atoms with van der Waals surface area (Å²) < 4.78 is 7.84. The number of hydrogen-bond acceptors (Lipinski definition) is 3. The number of nitrogens with one attached hydrogen (secondary N) is 2. The van der Waals surface area contributed by atoms with E-state index < -0.39 is 0 Å². The van der Waals surface area contributed by atoms with Gasteiger partial charge in [0.1, 0.15) is 11.9 Å². The molecular formula is C19H29N5O. The minimum atomic E-state index is 0.0298. The van der Waals surface area contributed by atoms with E-state index in [-0.39, 0.29) is 6.10 Å². The largest absolute Gasteiger partial charge is 0.489 e. The van der Waals surface area contributed by atoms with Crippen molar-refractivity contribution in [2.24, 2.45) is 12.0 Å². The van der Waals surface area contributed by atoms with Crippen LogP contribution in [0.4, 0.5) is 0 Å². The number of rotatable bonds is 6. The smallest absolute Gasteiger partial charge is 0.191 e. The molecule has 0 aliphatic rings. The summed E-state index contributed by atoms with van der Waals surface area (Å²) in [7, 11) is 3.73. The number of aliphatic imine (C=N–C) groups is 1. The van der Waals surface area contributed by atoms with Crippen molar-refractivity contribution in [2.45, 2.75) is 40.3 Å². The lowest BCUT2D eigenvalue weighted by Gasteiger charge is -2.18. The van der Waals surface area contributed by atoms with Crippen molar-refractivity contribution < 1.29 is 4.74 Å². The Kier molecular flexibility index (Phi) is 6.44. The molecule has 0 spiro atoms. The Labute approximate surface area is 150 Å². The van der Waals surface area contributed by atoms with Crippen molar-refractivity contribution in [3.8, 4) is 5.75 Å². The van der Waals surface area contributed by atoms with Crippen LogP contribution < -0.4 is 15.4 Å². The molecule has 6 nitrogen and oxygen atoms in total. The average Bonchev–Trinajstić information content (AvgIpc) is 2.80. The number of aryl methyl sites for hydroxylation is 3. The first-order chi connectivity index (χ1) is 11.9. The molecule has 0 amide bonds. The molecule has 0 saturated heterocycles. The molecule has 136 valence electrons. The predicted octanol–water partition coefficient (Wildman–Crippen LogP) is 2.48. The number of aromatic nitrogens is 2. The maximum absolute atomic E-state index is 5.94. The van der Waals surface area contributed by atoms with Gasteiger partial charge in [-0.25, -0.2) is 0 Å². The SMILES string of the molecule is CN=C(NCc1c(C)nn(C)c1C)NCC(C)Oc1cccc(C)c1. The van der Waals surface area contributed by atoms with Gasteiger partial charge in [-0.3, -0.25) is 9.67 Å². The third-order valence-corrected chi connectivity index (χ3v) is 4.20. The van der Waals surface area contributed by atoms with Gasteiger partial charge in [0.2, 0.25) is 0 Å². The molecule has 0 aliphatic carbocycles. The Morgan fingerprint density at radius 1 is 1.28 bits per heavy atom. The molecule has 25 heavy (non-hydrogen) atoms. The van der Waals surface area contributed by atoms with Crippen molar-refractivity contribution >= 4 is 5.96 Å². The normalized spacial score (nSPS) is 12.8. The van der Waals surface area contributed by atoms with Crippen LogP contribution in [0.15, 0.2) is 29.3 Å². The highest BCUT2D eigenvalue weighted by Crippen LogP contribution is 2.14. The molecule has 0 bridgehead atoms. The Balaban J connectivity index is 1.83. The van der Waals surface area contributed by atoms with Gasteiger partial charge in [-0.15, -0.1) is 0 Å². The third-order valence-electron chi connectivity index (χ3n) is 4.20. The van der Waals surface area contributed by atoms with Crippen molar-refractivity contribution in [3.05, 3.63) is 46.8 Å². The second kappa shape index (κ2) is 8.55. The lowest BCUT2D eigenvalue weighted by Crippen LogP contribution is -2.41. The zero-order valence-electron chi connectivity index (χ0n) is 16.1. The minimum absolute atomic E-state index is 0.0298. The summed E-state index contributed by atoms with van der Waals surface area (Å²) in [5.41, 5.74) is 4.60. The Morgan fingerprint density at radius 2 is 2.04 bits per heavy atom. The summed E-state index contributed by atoms with van der Waals surface area (Å²) in [5, 5.41) is 11.1. The van der Waals surface area contributed by atoms with Gasteiger partial charge in [-0.1, -0.05) is 12.1 Å². The topological polar surface area (TPSA) is 63.5 Å². The molecule has 1 heterocycles. The van der Waals surface area contributed by atoms with Gasteiger partial charge in [0.25, 0.3) is 0 Å². The molecule has 0 radical (unpaired) electrons. The molecule has 1 unspecified atom stereocenters. The van der Waals surface area contributed by atoms with Crippen LogP contribution in [0.2, 0.25) is 0 Å². The second-order valence-corrected chi connectivity index (χ2v) is 6.32. The van der Waals surface area contributed by atoms with Crippen LogP contribution in [-0.2, 0) is 13.6 Å². The fourth-order valence-electron chi connectivity index (χ4n) is 2.67.